The summed E-state index contributed by atoms with van der Waals surface area (Å²) in [7, 11) is 0. The van der Waals surface area contributed by atoms with Crippen molar-refractivity contribution in [2.24, 2.45) is 0 Å². The number of rotatable bonds is 3. The van der Waals surface area contributed by atoms with E-state index in [1.807, 2.05) is 0 Å². The van der Waals surface area contributed by atoms with E-state index in [4.69, 9.17) is 17.3 Å². The van der Waals surface area contributed by atoms with Crippen LogP contribution in [-0.2, 0) is 6.42 Å². The number of Topliss-reactive ketones (excluding diaryl/α,β-unsaturated/α-hetero) is 1. The Balaban J connectivity index is 2.25. The molecule has 3 N–H and O–H groups in total. The molecule has 6 heteroatoms. The van der Waals surface area contributed by atoms with Crippen molar-refractivity contribution in [3.8, 4) is 0 Å². The molecule has 0 aliphatic carbocycles. The van der Waals surface area contributed by atoms with Gasteiger partial charge in [0.25, 0.3) is 0 Å². The fourth-order valence-corrected chi connectivity index (χ4v) is 1.67. The predicted molar refractivity (Wildman–Crippen MR) is 62.4 cm³/mol. The summed E-state index contributed by atoms with van der Waals surface area (Å²) >= 11 is 5.62. The average molecular weight is 254 g/mol. The molecule has 0 spiro atoms. The van der Waals surface area contributed by atoms with Crippen LogP contribution in [-0.4, -0.2) is 16.0 Å². The third-order valence-electron chi connectivity index (χ3n) is 2.35. The summed E-state index contributed by atoms with van der Waals surface area (Å²) in [6, 6.07) is 4.53. The van der Waals surface area contributed by atoms with Gasteiger partial charge in [0, 0.05) is 6.42 Å². The van der Waals surface area contributed by atoms with E-state index in [0.717, 1.165) is 0 Å². The molecule has 0 unspecified atom stereocenters. The van der Waals surface area contributed by atoms with Crippen LogP contribution in [0.5, 0.6) is 0 Å². The zero-order chi connectivity index (χ0) is 12.4. The molecule has 0 amide bonds. The van der Waals surface area contributed by atoms with Gasteiger partial charge in [0.1, 0.15) is 11.6 Å². The van der Waals surface area contributed by atoms with E-state index in [2.05, 4.69) is 10.2 Å². The summed E-state index contributed by atoms with van der Waals surface area (Å²) in [6.07, 6.45) is 1.22. The van der Waals surface area contributed by atoms with Crippen LogP contribution in [0.4, 0.5) is 10.2 Å². The summed E-state index contributed by atoms with van der Waals surface area (Å²) in [5.41, 5.74) is 6.00. The summed E-state index contributed by atoms with van der Waals surface area (Å²) < 4.78 is 13.6. The zero-order valence-electron chi connectivity index (χ0n) is 8.71. The number of nitrogens with zero attached hydrogens (tertiary/aromatic N) is 1. The van der Waals surface area contributed by atoms with Gasteiger partial charge in [-0.15, -0.1) is 0 Å². The number of nitrogen functional groups attached to an aromatic ring is 1. The normalized spacial score (nSPS) is 10.5. The van der Waals surface area contributed by atoms with E-state index in [-0.39, 0.29) is 34.2 Å². The van der Waals surface area contributed by atoms with Crippen molar-refractivity contribution in [3.63, 3.8) is 0 Å². The molecule has 0 bridgehead atoms. The molecule has 0 saturated carbocycles. The van der Waals surface area contributed by atoms with Crippen LogP contribution in [0.1, 0.15) is 15.9 Å². The van der Waals surface area contributed by atoms with Crippen molar-refractivity contribution >= 4 is 23.2 Å². The fourth-order valence-electron chi connectivity index (χ4n) is 1.47. The minimum Gasteiger partial charge on any atom is -0.383 e. The quantitative estimate of drug-likeness (QED) is 0.824. The maximum absolute atomic E-state index is 13.6. The number of carbonyl (C=O) groups is 1. The van der Waals surface area contributed by atoms with Crippen molar-refractivity contribution in [2.45, 2.75) is 6.42 Å². The highest BCUT2D eigenvalue weighted by Crippen LogP contribution is 2.20. The predicted octanol–water partition coefficient (Wildman–Crippen LogP) is 2.21. The smallest absolute Gasteiger partial charge is 0.172 e. The second-order valence-electron chi connectivity index (χ2n) is 3.51. The Morgan fingerprint density at radius 1 is 1.53 bits per heavy atom. The molecule has 0 aliphatic heterocycles. The minimum atomic E-state index is -0.579. The van der Waals surface area contributed by atoms with Gasteiger partial charge < -0.3 is 5.73 Å². The number of anilines is 1. The molecule has 0 radical (unpaired) electrons. The minimum absolute atomic E-state index is 0.00420. The largest absolute Gasteiger partial charge is 0.383 e. The van der Waals surface area contributed by atoms with Crippen molar-refractivity contribution in [3.05, 3.63) is 46.4 Å². The maximum atomic E-state index is 13.6. The Hall–Kier alpha value is -1.88. The first kappa shape index (κ1) is 11.6. The first-order chi connectivity index (χ1) is 8.09. The molecule has 1 aromatic carbocycles. The van der Waals surface area contributed by atoms with Crippen LogP contribution in [0.3, 0.4) is 0 Å². The number of H-pyrrole nitrogens is 1. The van der Waals surface area contributed by atoms with Gasteiger partial charge in [-0.05, 0) is 11.6 Å². The first-order valence-corrected chi connectivity index (χ1v) is 5.22. The van der Waals surface area contributed by atoms with E-state index in [1.54, 1.807) is 6.07 Å². The Morgan fingerprint density at radius 2 is 2.29 bits per heavy atom. The Kier molecular flexibility index (Phi) is 3.10. The van der Waals surface area contributed by atoms with Crippen molar-refractivity contribution in [1.82, 2.24) is 10.2 Å². The maximum Gasteiger partial charge on any atom is 0.172 e. The molecule has 0 fully saturated rings. The third kappa shape index (κ3) is 2.29. The van der Waals surface area contributed by atoms with Gasteiger partial charge in [0.15, 0.2) is 5.78 Å². The molecular formula is C11H9ClFN3O. The van der Waals surface area contributed by atoms with Crippen LogP contribution < -0.4 is 5.73 Å². The number of nitrogens with two attached hydrogens (primary N) is 1. The SMILES string of the molecule is Nc1[nH]ncc1C(=O)Cc1cccc(Cl)c1F. The molecule has 88 valence electrons. The Morgan fingerprint density at radius 3 is 2.94 bits per heavy atom. The molecule has 1 heterocycles. The molecule has 17 heavy (non-hydrogen) atoms. The molecule has 0 atom stereocenters. The lowest BCUT2D eigenvalue weighted by atomic mass is 10.0. The highest BCUT2D eigenvalue weighted by Gasteiger charge is 2.15. The Bertz CT molecular complexity index is 568. The lowest BCUT2D eigenvalue weighted by molar-refractivity contribution is 0.0993. The van der Waals surface area contributed by atoms with E-state index < -0.39 is 5.82 Å². The third-order valence-corrected chi connectivity index (χ3v) is 2.64. The van der Waals surface area contributed by atoms with Crippen LogP contribution >= 0.6 is 11.6 Å². The lowest BCUT2D eigenvalue weighted by Gasteiger charge is -2.03. The number of carbonyl (C=O) groups excluding carboxylic acids is 1. The molecule has 0 saturated heterocycles. The Labute approximate surface area is 102 Å². The van der Waals surface area contributed by atoms with Crippen molar-refractivity contribution in [1.29, 1.82) is 0 Å². The number of aromatic nitrogens is 2. The number of benzene rings is 1. The van der Waals surface area contributed by atoms with Crippen LogP contribution in [0.15, 0.2) is 24.4 Å². The number of aromatic amines is 1. The van der Waals surface area contributed by atoms with Gasteiger partial charge in [-0.25, -0.2) is 4.39 Å². The van der Waals surface area contributed by atoms with E-state index in [0.29, 0.717) is 0 Å². The number of ketones is 1. The van der Waals surface area contributed by atoms with Gasteiger partial charge >= 0.3 is 0 Å². The van der Waals surface area contributed by atoms with Gasteiger partial charge in [-0.3, -0.25) is 9.89 Å². The molecule has 2 aromatic rings. The topological polar surface area (TPSA) is 71.8 Å². The van der Waals surface area contributed by atoms with Crippen molar-refractivity contribution < 1.29 is 9.18 Å². The van der Waals surface area contributed by atoms with Crippen LogP contribution in [0.2, 0.25) is 5.02 Å². The summed E-state index contributed by atoms with van der Waals surface area (Å²) in [6.45, 7) is 0. The van der Waals surface area contributed by atoms with Crippen LogP contribution in [0.25, 0.3) is 0 Å². The van der Waals surface area contributed by atoms with E-state index >= 15 is 0 Å². The monoisotopic (exact) mass is 253 g/mol. The van der Waals surface area contributed by atoms with Gasteiger partial charge in [-0.1, -0.05) is 23.7 Å². The first-order valence-electron chi connectivity index (χ1n) is 4.84. The molecular weight excluding hydrogens is 245 g/mol. The van der Waals surface area contributed by atoms with E-state index in [1.165, 1.54) is 18.3 Å². The van der Waals surface area contributed by atoms with E-state index in [9.17, 15) is 9.18 Å². The zero-order valence-corrected chi connectivity index (χ0v) is 9.46. The molecule has 2 rings (SSSR count). The van der Waals surface area contributed by atoms with Crippen LogP contribution in [0, 0.1) is 5.82 Å². The van der Waals surface area contributed by atoms with Gasteiger partial charge in [0.2, 0.25) is 0 Å². The fraction of sp³-hybridized carbons (Fsp3) is 0.0909. The summed E-state index contributed by atoms with van der Waals surface area (Å²) in [5.74, 6) is -0.709. The highest BCUT2D eigenvalue weighted by atomic mass is 35.5. The summed E-state index contributed by atoms with van der Waals surface area (Å²) in [4.78, 5) is 11.8. The number of hydrogen-bond donors (Lipinski definition) is 2. The number of nitrogens with one attached hydrogen (secondary N) is 1. The van der Waals surface area contributed by atoms with Crippen molar-refractivity contribution in [2.75, 3.05) is 5.73 Å². The number of hydrogen-bond acceptors (Lipinski definition) is 3. The second-order valence-corrected chi connectivity index (χ2v) is 3.92. The molecule has 0 aliphatic rings. The average Bonchev–Trinajstić information content (AvgIpc) is 2.71. The number of halogens is 2. The van der Waals surface area contributed by atoms with Gasteiger partial charge in [-0.2, -0.15) is 5.10 Å². The second kappa shape index (κ2) is 4.55. The molecule has 1 aromatic heterocycles. The van der Waals surface area contributed by atoms with Gasteiger partial charge in [0.05, 0.1) is 16.8 Å². The molecule has 4 nitrogen and oxygen atoms in total. The lowest BCUT2D eigenvalue weighted by Crippen LogP contribution is -2.07. The standard InChI is InChI=1S/C11H9ClFN3O/c12-8-3-1-2-6(10(8)13)4-9(17)7-5-15-16-11(7)14/h1-3,5H,4H2,(H3,14,15,16). The summed E-state index contributed by atoms with van der Waals surface area (Å²) in [5, 5.41) is 6.08. The highest BCUT2D eigenvalue weighted by molar-refractivity contribution is 6.30.